The van der Waals surface area contributed by atoms with Crippen LogP contribution in [0.5, 0.6) is 0 Å². The third-order valence-electron chi connectivity index (χ3n) is 4.94. The Morgan fingerprint density at radius 3 is 2.52 bits per heavy atom. The lowest BCUT2D eigenvalue weighted by Gasteiger charge is -2.35. The van der Waals surface area contributed by atoms with E-state index in [4.69, 9.17) is 0 Å². The second kappa shape index (κ2) is 10.1. The molecule has 0 bridgehead atoms. The van der Waals surface area contributed by atoms with E-state index in [2.05, 4.69) is 17.0 Å². The van der Waals surface area contributed by atoms with Crippen LogP contribution in [0.25, 0.3) is 0 Å². The van der Waals surface area contributed by atoms with E-state index in [1.165, 1.54) is 20.0 Å². The average molecular weight is 348 g/mol. The van der Waals surface area contributed by atoms with Gasteiger partial charge in [-0.05, 0) is 37.8 Å². The molecule has 2 rings (SSSR count). The number of nitrogens with zero attached hydrogens (tertiary/aromatic N) is 2. The molecule has 2 saturated heterocycles. The Morgan fingerprint density at radius 2 is 1.96 bits per heavy atom. The summed E-state index contributed by atoms with van der Waals surface area (Å²) in [6.07, 6.45) is 3.09. The van der Waals surface area contributed by atoms with Crippen molar-refractivity contribution in [1.82, 2.24) is 15.1 Å². The molecule has 2 unspecified atom stereocenters. The third kappa shape index (κ3) is 6.28. The summed E-state index contributed by atoms with van der Waals surface area (Å²) < 4.78 is 4.68. The summed E-state index contributed by atoms with van der Waals surface area (Å²) in [5, 5.41) is 3.42. The number of nitrogens with one attached hydrogen (secondary N) is 1. The number of methoxy groups -OCH3 is 1. The third-order valence-corrected chi connectivity index (χ3v) is 4.94. The molecule has 0 radical (unpaired) electrons. The summed E-state index contributed by atoms with van der Waals surface area (Å²) in [6, 6.07) is 0. The Balaban J connectivity index is 0.00000264. The van der Waals surface area contributed by atoms with Gasteiger partial charge in [-0.25, -0.2) is 0 Å². The fourth-order valence-electron chi connectivity index (χ4n) is 3.34. The van der Waals surface area contributed by atoms with Gasteiger partial charge >= 0.3 is 5.97 Å². The van der Waals surface area contributed by atoms with Crippen LogP contribution in [0.2, 0.25) is 0 Å². The zero-order valence-corrected chi connectivity index (χ0v) is 15.1. The number of esters is 1. The van der Waals surface area contributed by atoms with Crippen molar-refractivity contribution in [2.45, 2.75) is 26.2 Å². The lowest BCUT2D eigenvalue weighted by atomic mass is 9.85. The lowest BCUT2D eigenvalue weighted by molar-refractivity contribution is -0.142. The molecule has 7 heteroatoms. The van der Waals surface area contributed by atoms with Gasteiger partial charge in [0, 0.05) is 32.6 Å². The van der Waals surface area contributed by atoms with Crippen LogP contribution in [0.4, 0.5) is 0 Å². The predicted molar refractivity (Wildman–Crippen MR) is 91.7 cm³/mol. The number of halogens is 1. The Bertz CT molecular complexity index is 381. The second-order valence-electron chi connectivity index (χ2n) is 6.52. The van der Waals surface area contributed by atoms with Crippen molar-refractivity contribution >= 4 is 24.3 Å². The van der Waals surface area contributed by atoms with Gasteiger partial charge in [0.2, 0.25) is 5.91 Å². The standard InChI is InChI=1S/C16H29N3O3.ClH/c1-13(14-4-3-5-17-11-14)10-15(20)19-8-6-18(7-9-19)12-16(21)22-2;/h13-14,17H,3-12H2,1-2H3;1H. The number of amides is 1. The molecule has 0 aromatic heterocycles. The van der Waals surface area contributed by atoms with E-state index in [9.17, 15) is 9.59 Å². The Labute approximate surface area is 145 Å². The van der Waals surface area contributed by atoms with Gasteiger partial charge in [0.05, 0.1) is 13.7 Å². The van der Waals surface area contributed by atoms with Crippen molar-refractivity contribution in [1.29, 1.82) is 0 Å². The average Bonchev–Trinajstić information content (AvgIpc) is 2.56. The van der Waals surface area contributed by atoms with Crippen molar-refractivity contribution < 1.29 is 14.3 Å². The SMILES string of the molecule is COC(=O)CN1CCN(C(=O)CC(C)C2CCCNC2)CC1.Cl. The van der Waals surface area contributed by atoms with Crippen LogP contribution in [0.15, 0.2) is 0 Å². The number of carbonyl (C=O) groups is 2. The summed E-state index contributed by atoms with van der Waals surface area (Å²) in [5.41, 5.74) is 0. The number of ether oxygens (including phenoxy) is 1. The zero-order chi connectivity index (χ0) is 15.9. The number of piperidine rings is 1. The molecule has 2 aliphatic heterocycles. The molecule has 0 aliphatic carbocycles. The number of hydrogen-bond donors (Lipinski definition) is 1. The van der Waals surface area contributed by atoms with Crippen molar-refractivity contribution in [3.63, 3.8) is 0 Å². The molecule has 2 aliphatic rings. The first kappa shape index (κ1) is 20.2. The largest absolute Gasteiger partial charge is 0.468 e. The summed E-state index contributed by atoms with van der Waals surface area (Å²) >= 11 is 0. The fourth-order valence-corrected chi connectivity index (χ4v) is 3.34. The van der Waals surface area contributed by atoms with Crippen molar-refractivity contribution in [2.75, 3.05) is 52.9 Å². The maximum absolute atomic E-state index is 12.4. The minimum absolute atomic E-state index is 0. The molecule has 0 aromatic rings. The normalized spacial score (nSPS) is 23.7. The highest BCUT2D eigenvalue weighted by Gasteiger charge is 2.26. The van der Waals surface area contributed by atoms with Gasteiger partial charge in [-0.15, -0.1) is 12.4 Å². The first-order valence-electron chi connectivity index (χ1n) is 8.38. The van der Waals surface area contributed by atoms with Crippen LogP contribution in [-0.2, 0) is 14.3 Å². The Hall–Kier alpha value is -0.850. The van der Waals surface area contributed by atoms with Crippen molar-refractivity contribution in [3.05, 3.63) is 0 Å². The molecular formula is C16H30ClN3O3. The van der Waals surface area contributed by atoms with Crippen LogP contribution in [-0.4, -0.2) is 74.6 Å². The van der Waals surface area contributed by atoms with Crippen LogP contribution in [0, 0.1) is 11.8 Å². The molecule has 2 fully saturated rings. The van der Waals surface area contributed by atoms with Crippen LogP contribution in [0.1, 0.15) is 26.2 Å². The summed E-state index contributed by atoms with van der Waals surface area (Å²) in [5.74, 6) is 1.11. The van der Waals surface area contributed by atoms with Gasteiger partial charge < -0.3 is 15.0 Å². The summed E-state index contributed by atoms with van der Waals surface area (Å²) in [6.45, 7) is 7.60. The van der Waals surface area contributed by atoms with Crippen molar-refractivity contribution in [3.8, 4) is 0 Å². The number of hydrogen-bond acceptors (Lipinski definition) is 5. The number of carbonyl (C=O) groups excluding carboxylic acids is 2. The molecule has 23 heavy (non-hydrogen) atoms. The monoisotopic (exact) mass is 347 g/mol. The van der Waals surface area contributed by atoms with E-state index in [1.54, 1.807) is 0 Å². The predicted octanol–water partition coefficient (Wildman–Crippen LogP) is 0.751. The second-order valence-corrected chi connectivity index (χ2v) is 6.52. The molecule has 134 valence electrons. The van der Waals surface area contributed by atoms with Gasteiger partial charge in [-0.2, -0.15) is 0 Å². The minimum Gasteiger partial charge on any atom is -0.468 e. The summed E-state index contributed by atoms with van der Waals surface area (Å²) in [7, 11) is 1.41. The zero-order valence-electron chi connectivity index (χ0n) is 14.3. The minimum atomic E-state index is -0.210. The maximum atomic E-state index is 12.4. The van der Waals surface area contributed by atoms with Crippen LogP contribution >= 0.6 is 12.4 Å². The van der Waals surface area contributed by atoms with E-state index < -0.39 is 0 Å². The van der Waals surface area contributed by atoms with Gasteiger partial charge in [-0.1, -0.05) is 6.92 Å². The maximum Gasteiger partial charge on any atom is 0.319 e. The first-order valence-corrected chi connectivity index (χ1v) is 8.38. The molecule has 1 amide bonds. The summed E-state index contributed by atoms with van der Waals surface area (Å²) in [4.78, 5) is 27.7. The van der Waals surface area contributed by atoms with E-state index in [1.807, 2.05) is 9.80 Å². The molecule has 2 heterocycles. The Morgan fingerprint density at radius 1 is 1.26 bits per heavy atom. The first-order chi connectivity index (χ1) is 10.6. The topological polar surface area (TPSA) is 61.9 Å². The van der Waals surface area contributed by atoms with Crippen molar-refractivity contribution in [2.24, 2.45) is 11.8 Å². The van der Waals surface area contributed by atoms with Crippen LogP contribution < -0.4 is 5.32 Å². The van der Waals surface area contributed by atoms with Crippen LogP contribution in [0.3, 0.4) is 0 Å². The highest BCUT2D eigenvalue weighted by Crippen LogP contribution is 2.23. The molecule has 0 aromatic carbocycles. The van der Waals surface area contributed by atoms with Gasteiger partial charge in [-0.3, -0.25) is 14.5 Å². The molecular weight excluding hydrogens is 318 g/mol. The van der Waals surface area contributed by atoms with Gasteiger partial charge in [0.15, 0.2) is 0 Å². The fraction of sp³-hybridized carbons (Fsp3) is 0.875. The molecule has 6 nitrogen and oxygen atoms in total. The van der Waals surface area contributed by atoms with E-state index in [0.29, 0.717) is 37.9 Å². The highest BCUT2D eigenvalue weighted by molar-refractivity contribution is 5.85. The smallest absolute Gasteiger partial charge is 0.319 e. The molecule has 1 N–H and O–H groups in total. The highest BCUT2D eigenvalue weighted by atomic mass is 35.5. The number of rotatable bonds is 5. The molecule has 0 saturated carbocycles. The van der Waals surface area contributed by atoms with E-state index in [-0.39, 0.29) is 24.3 Å². The Kier molecular flexibility index (Phi) is 8.87. The molecule has 2 atom stereocenters. The lowest BCUT2D eigenvalue weighted by Crippen LogP contribution is -2.50. The van der Waals surface area contributed by atoms with E-state index >= 15 is 0 Å². The molecule has 0 spiro atoms. The quantitative estimate of drug-likeness (QED) is 0.744. The number of piperazine rings is 1. The van der Waals surface area contributed by atoms with E-state index in [0.717, 1.165) is 26.2 Å². The van der Waals surface area contributed by atoms with Gasteiger partial charge in [0.25, 0.3) is 0 Å². The van der Waals surface area contributed by atoms with Gasteiger partial charge in [0.1, 0.15) is 0 Å².